The molecule has 0 saturated carbocycles. The number of hydrogen-bond acceptors (Lipinski definition) is 2. The average Bonchev–Trinajstić information content (AvgIpc) is 2.54. The monoisotopic (exact) mass is 247 g/mol. The Kier molecular flexibility index (Phi) is 3.09. The molecule has 0 aliphatic carbocycles. The summed E-state index contributed by atoms with van der Waals surface area (Å²) in [6.45, 7) is 6.81. The summed E-state index contributed by atoms with van der Waals surface area (Å²) < 4.78 is 0. The second-order valence-corrected chi connectivity index (χ2v) is 6.04. The maximum atomic E-state index is 11.2. The minimum atomic E-state index is -0.746. The van der Waals surface area contributed by atoms with Gasteiger partial charge in [0.2, 0.25) is 0 Å². The highest BCUT2D eigenvalue weighted by atomic mass is 16.4. The molecule has 0 fully saturated rings. The van der Waals surface area contributed by atoms with Gasteiger partial charge in [-0.1, -0.05) is 19.1 Å². The summed E-state index contributed by atoms with van der Waals surface area (Å²) in [5.74, 6) is -0.184. The molecule has 1 atom stereocenters. The van der Waals surface area contributed by atoms with Gasteiger partial charge in [0, 0.05) is 25.2 Å². The number of carbonyl (C=O) groups is 1. The van der Waals surface area contributed by atoms with E-state index in [1.54, 1.807) is 13.8 Å². The maximum absolute atomic E-state index is 11.2. The fourth-order valence-corrected chi connectivity index (χ4v) is 2.64. The van der Waals surface area contributed by atoms with E-state index in [2.05, 4.69) is 37.1 Å². The molecule has 0 radical (unpaired) electrons. The molecule has 0 bridgehead atoms. The van der Waals surface area contributed by atoms with Crippen LogP contribution >= 0.6 is 0 Å². The van der Waals surface area contributed by atoms with Crippen molar-refractivity contribution in [3.8, 4) is 0 Å². The Bertz CT molecular complexity index is 479. The molecule has 1 aromatic rings. The van der Waals surface area contributed by atoms with Crippen molar-refractivity contribution < 1.29 is 9.90 Å². The fourth-order valence-electron chi connectivity index (χ4n) is 2.64. The number of carboxylic acids is 1. The number of nitrogens with zero attached hydrogens (tertiary/aromatic N) is 1. The smallest absolute Gasteiger partial charge is 0.309 e. The van der Waals surface area contributed by atoms with E-state index in [0.717, 1.165) is 12.1 Å². The van der Waals surface area contributed by atoms with Gasteiger partial charge in [0.15, 0.2) is 0 Å². The van der Waals surface area contributed by atoms with E-state index < -0.39 is 11.4 Å². The second kappa shape index (κ2) is 4.30. The molecule has 3 heteroatoms. The normalized spacial score (nSPS) is 18.9. The molecule has 18 heavy (non-hydrogen) atoms. The third-order valence-corrected chi connectivity index (χ3v) is 3.81. The van der Waals surface area contributed by atoms with Gasteiger partial charge in [0.25, 0.3) is 0 Å². The Morgan fingerprint density at radius 3 is 2.78 bits per heavy atom. The zero-order valence-corrected chi connectivity index (χ0v) is 11.5. The molecular weight excluding hydrogens is 226 g/mol. The lowest BCUT2D eigenvalue weighted by molar-refractivity contribution is -0.146. The Morgan fingerprint density at radius 1 is 1.50 bits per heavy atom. The molecule has 1 heterocycles. The standard InChI is InChI=1S/C15H21NO2/c1-10-9-16(4)13-7-11(5-6-12(10)13)8-15(2,3)14(17)18/h5-7,10H,8-9H2,1-4H3,(H,17,18). The Labute approximate surface area is 108 Å². The first kappa shape index (κ1) is 12.9. The van der Waals surface area contributed by atoms with E-state index in [1.807, 2.05) is 0 Å². The van der Waals surface area contributed by atoms with Gasteiger partial charge in [-0.15, -0.1) is 0 Å². The van der Waals surface area contributed by atoms with E-state index in [4.69, 9.17) is 0 Å². The summed E-state index contributed by atoms with van der Waals surface area (Å²) in [6, 6.07) is 6.36. The van der Waals surface area contributed by atoms with Crippen LogP contribution in [0.25, 0.3) is 0 Å². The highest BCUT2D eigenvalue weighted by molar-refractivity contribution is 5.74. The lowest BCUT2D eigenvalue weighted by atomic mass is 9.85. The topological polar surface area (TPSA) is 40.5 Å². The van der Waals surface area contributed by atoms with Gasteiger partial charge in [-0.3, -0.25) is 4.79 Å². The van der Waals surface area contributed by atoms with Crippen LogP contribution in [-0.2, 0) is 11.2 Å². The number of fused-ring (bicyclic) bond motifs is 1. The van der Waals surface area contributed by atoms with Gasteiger partial charge < -0.3 is 10.0 Å². The Balaban J connectivity index is 2.28. The van der Waals surface area contributed by atoms with E-state index in [9.17, 15) is 9.90 Å². The SMILES string of the molecule is CC1CN(C)c2cc(CC(C)(C)C(=O)O)ccc21. The van der Waals surface area contributed by atoms with Crippen LogP contribution in [0.3, 0.4) is 0 Å². The van der Waals surface area contributed by atoms with Crippen molar-refractivity contribution in [1.29, 1.82) is 0 Å². The highest BCUT2D eigenvalue weighted by Gasteiger charge is 2.29. The van der Waals surface area contributed by atoms with Crippen LogP contribution in [0.5, 0.6) is 0 Å². The minimum Gasteiger partial charge on any atom is -0.481 e. The van der Waals surface area contributed by atoms with Gasteiger partial charge in [-0.2, -0.15) is 0 Å². The van der Waals surface area contributed by atoms with Crippen molar-refractivity contribution in [2.24, 2.45) is 5.41 Å². The molecule has 3 nitrogen and oxygen atoms in total. The van der Waals surface area contributed by atoms with Gasteiger partial charge in [-0.05, 0) is 37.5 Å². The van der Waals surface area contributed by atoms with Crippen molar-refractivity contribution in [2.75, 3.05) is 18.5 Å². The summed E-state index contributed by atoms with van der Waals surface area (Å²) in [6.07, 6.45) is 0.567. The van der Waals surface area contributed by atoms with Crippen LogP contribution in [0, 0.1) is 5.41 Å². The van der Waals surface area contributed by atoms with Crippen molar-refractivity contribution in [2.45, 2.75) is 33.1 Å². The molecule has 0 spiro atoms. The van der Waals surface area contributed by atoms with Gasteiger partial charge >= 0.3 is 5.97 Å². The minimum absolute atomic E-state index is 0.562. The average molecular weight is 247 g/mol. The fraction of sp³-hybridized carbons (Fsp3) is 0.533. The zero-order chi connectivity index (χ0) is 13.5. The van der Waals surface area contributed by atoms with Crippen LogP contribution in [0.4, 0.5) is 5.69 Å². The number of benzene rings is 1. The van der Waals surface area contributed by atoms with E-state index >= 15 is 0 Å². The number of aliphatic carboxylic acids is 1. The number of likely N-dealkylation sites (N-methyl/N-ethyl adjacent to an activating group) is 1. The molecule has 0 saturated heterocycles. The molecule has 2 rings (SSSR count). The molecule has 1 aromatic carbocycles. The summed E-state index contributed by atoms with van der Waals surface area (Å²) in [5.41, 5.74) is 3.01. The number of anilines is 1. The molecule has 1 aliphatic heterocycles. The van der Waals surface area contributed by atoms with Crippen molar-refractivity contribution >= 4 is 11.7 Å². The largest absolute Gasteiger partial charge is 0.481 e. The number of carboxylic acid groups (broad SMARTS) is 1. The summed E-state index contributed by atoms with van der Waals surface area (Å²) in [7, 11) is 2.09. The molecule has 98 valence electrons. The Hall–Kier alpha value is -1.51. The molecule has 1 unspecified atom stereocenters. The van der Waals surface area contributed by atoms with Crippen molar-refractivity contribution in [1.82, 2.24) is 0 Å². The first-order valence-corrected chi connectivity index (χ1v) is 6.38. The third kappa shape index (κ3) is 2.22. The number of hydrogen-bond donors (Lipinski definition) is 1. The van der Waals surface area contributed by atoms with E-state index in [1.165, 1.54) is 11.3 Å². The lowest BCUT2D eigenvalue weighted by Gasteiger charge is -2.20. The van der Waals surface area contributed by atoms with Gasteiger partial charge in [0.05, 0.1) is 5.41 Å². The molecule has 1 N–H and O–H groups in total. The summed E-state index contributed by atoms with van der Waals surface area (Å²) >= 11 is 0. The predicted octanol–water partition coefficient (Wildman–Crippen LogP) is 2.89. The zero-order valence-electron chi connectivity index (χ0n) is 11.5. The van der Waals surface area contributed by atoms with Crippen LogP contribution in [0.1, 0.15) is 37.8 Å². The van der Waals surface area contributed by atoms with Crippen LogP contribution in [0.15, 0.2) is 18.2 Å². The summed E-state index contributed by atoms with van der Waals surface area (Å²) in [4.78, 5) is 13.4. The highest BCUT2D eigenvalue weighted by Crippen LogP contribution is 2.36. The number of rotatable bonds is 3. The molecule has 0 amide bonds. The van der Waals surface area contributed by atoms with Crippen LogP contribution in [-0.4, -0.2) is 24.7 Å². The lowest BCUT2D eigenvalue weighted by Crippen LogP contribution is -2.26. The first-order valence-electron chi connectivity index (χ1n) is 6.38. The summed E-state index contributed by atoms with van der Waals surface area (Å²) in [5, 5.41) is 9.18. The molecule has 0 aromatic heterocycles. The second-order valence-electron chi connectivity index (χ2n) is 6.04. The Morgan fingerprint density at radius 2 is 2.17 bits per heavy atom. The van der Waals surface area contributed by atoms with Gasteiger partial charge in [-0.25, -0.2) is 0 Å². The van der Waals surface area contributed by atoms with E-state index in [0.29, 0.717) is 12.3 Å². The predicted molar refractivity (Wildman–Crippen MR) is 73.2 cm³/mol. The van der Waals surface area contributed by atoms with Gasteiger partial charge in [0.1, 0.15) is 0 Å². The maximum Gasteiger partial charge on any atom is 0.309 e. The molecule has 1 aliphatic rings. The first-order chi connectivity index (χ1) is 8.31. The van der Waals surface area contributed by atoms with Crippen LogP contribution < -0.4 is 4.90 Å². The van der Waals surface area contributed by atoms with Crippen molar-refractivity contribution in [3.05, 3.63) is 29.3 Å². The quantitative estimate of drug-likeness (QED) is 0.892. The molecular formula is C15H21NO2. The van der Waals surface area contributed by atoms with E-state index in [-0.39, 0.29) is 0 Å². The third-order valence-electron chi connectivity index (χ3n) is 3.81. The van der Waals surface area contributed by atoms with Crippen molar-refractivity contribution in [3.63, 3.8) is 0 Å². The van der Waals surface area contributed by atoms with Crippen LogP contribution in [0.2, 0.25) is 0 Å².